The van der Waals surface area contributed by atoms with Crippen molar-refractivity contribution >= 4 is 6.03 Å². The van der Waals surface area contributed by atoms with Crippen molar-refractivity contribution < 1.29 is 14.6 Å². The average molecular weight is 298 g/mol. The molecule has 0 aromatic rings. The first kappa shape index (κ1) is 16.6. The molecule has 2 amide bonds. The predicted octanol–water partition coefficient (Wildman–Crippen LogP) is 1.90. The Kier molecular flexibility index (Phi) is 6.77. The molecule has 3 N–H and O–H groups in total. The van der Waals surface area contributed by atoms with E-state index in [0.29, 0.717) is 18.4 Å². The van der Waals surface area contributed by atoms with Crippen molar-refractivity contribution in [3.05, 3.63) is 0 Å². The third-order valence-corrected chi connectivity index (χ3v) is 4.55. The average Bonchev–Trinajstić information content (AvgIpc) is 3.29. The lowest BCUT2D eigenvalue weighted by Crippen LogP contribution is -2.42. The molecule has 0 bridgehead atoms. The van der Waals surface area contributed by atoms with Gasteiger partial charge in [-0.25, -0.2) is 4.79 Å². The van der Waals surface area contributed by atoms with Crippen molar-refractivity contribution in [2.45, 2.75) is 51.6 Å². The highest BCUT2D eigenvalue weighted by Crippen LogP contribution is 2.28. The van der Waals surface area contributed by atoms with E-state index < -0.39 is 6.10 Å². The minimum atomic E-state index is -0.620. The Bertz CT molecular complexity index is 313. The number of carbonyl (C=O) groups is 1. The molecule has 122 valence electrons. The summed E-state index contributed by atoms with van der Waals surface area (Å²) in [5.74, 6) is 2.14. The molecule has 2 saturated carbocycles. The molecule has 1 unspecified atom stereocenters. The van der Waals surface area contributed by atoms with Gasteiger partial charge in [-0.3, -0.25) is 0 Å². The number of hydrogen-bond donors (Lipinski definition) is 3. The highest BCUT2D eigenvalue weighted by Gasteiger charge is 2.22. The maximum Gasteiger partial charge on any atom is 0.314 e. The fourth-order valence-electron chi connectivity index (χ4n) is 2.76. The Morgan fingerprint density at radius 2 is 1.81 bits per heavy atom. The van der Waals surface area contributed by atoms with Crippen LogP contribution in [0.15, 0.2) is 0 Å². The van der Waals surface area contributed by atoms with Crippen molar-refractivity contribution in [1.82, 2.24) is 10.6 Å². The molecule has 0 heterocycles. The van der Waals surface area contributed by atoms with Gasteiger partial charge in [0.25, 0.3) is 0 Å². The maximum atomic E-state index is 11.7. The van der Waals surface area contributed by atoms with Crippen LogP contribution < -0.4 is 10.6 Å². The Morgan fingerprint density at radius 1 is 1.14 bits per heavy atom. The summed E-state index contributed by atoms with van der Waals surface area (Å²) >= 11 is 0. The van der Waals surface area contributed by atoms with Gasteiger partial charge in [-0.2, -0.15) is 0 Å². The summed E-state index contributed by atoms with van der Waals surface area (Å²) in [6, 6.07) is -0.185. The van der Waals surface area contributed by atoms with E-state index in [1.165, 1.54) is 38.5 Å². The lowest BCUT2D eigenvalue weighted by atomic mass is 9.83. The van der Waals surface area contributed by atoms with Gasteiger partial charge in [-0.15, -0.1) is 0 Å². The van der Waals surface area contributed by atoms with Crippen molar-refractivity contribution in [2.24, 2.45) is 17.8 Å². The maximum absolute atomic E-state index is 11.7. The van der Waals surface area contributed by atoms with Crippen LogP contribution in [0, 0.1) is 17.8 Å². The number of rotatable bonds is 8. The van der Waals surface area contributed by atoms with Crippen LogP contribution in [0.1, 0.15) is 45.4 Å². The molecule has 5 heteroatoms. The molecule has 2 aliphatic rings. The standard InChI is InChI=1S/C16H30N2O3/c1-12-2-4-13(5-3-12)8-17-16(20)18-9-15(19)11-21-10-14-6-7-14/h12-15,19H,2-11H2,1H3,(H2,17,18,20). The molecule has 0 radical (unpaired) electrons. The van der Waals surface area contributed by atoms with Crippen LogP contribution >= 0.6 is 0 Å². The quantitative estimate of drug-likeness (QED) is 0.641. The van der Waals surface area contributed by atoms with Crippen LogP contribution in [0.5, 0.6) is 0 Å². The second kappa shape index (κ2) is 8.59. The van der Waals surface area contributed by atoms with Crippen molar-refractivity contribution in [1.29, 1.82) is 0 Å². The predicted molar refractivity (Wildman–Crippen MR) is 82.1 cm³/mol. The summed E-state index contributed by atoms with van der Waals surface area (Å²) in [6.45, 7) is 4.33. The summed E-state index contributed by atoms with van der Waals surface area (Å²) < 4.78 is 5.40. The second-order valence-electron chi connectivity index (χ2n) is 6.85. The fraction of sp³-hybridized carbons (Fsp3) is 0.938. The number of aliphatic hydroxyl groups is 1. The van der Waals surface area contributed by atoms with Crippen molar-refractivity contribution in [3.63, 3.8) is 0 Å². The van der Waals surface area contributed by atoms with E-state index in [1.54, 1.807) is 0 Å². The Hall–Kier alpha value is -0.810. The van der Waals surface area contributed by atoms with Crippen LogP contribution in [0.3, 0.4) is 0 Å². The van der Waals surface area contributed by atoms with Crippen LogP contribution in [-0.4, -0.2) is 43.5 Å². The molecular weight excluding hydrogens is 268 g/mol. The van der Waals surface area contributed by atoms with Crippen LogP contribution in [0.4, 0.5) is 4.79 Å². The Balaban J connectivity index is 1.46. The molecule has 2 rings (SSSR count). The number of urea groups is 1. The summed E-state index contributed by atoms with van der Waals surface area (Å²) in [5.41, 5.74) is 0. The molecule has 21 heavy (non-hydrogen) atoms. The van der Waals surface area contributed by atoms with E-state index in [1.807, 2.05) is 0 Å². The van der Waals surface area contributed by atoms with E-state index in [9.17, 15) is 9.90 Å². The van der Waals surface area contributed by atoms with E-state index >= 15 is 0 Å². The Labute approximate surface area is 127 Å². The molecule has 0 aromatic carbocycles. The smallest absolute Gasteiger partial charge is 0.314 e. The molecule has 0 spiro atoms. The normalized spacial score (nSPS) is 27.1. The molecule has 2 aliphatic carbocycles. The van der Waals surface area contributed by atoms with Gasteiger partial charge in [0.2, 0.25) is 0 Å². The van der Waals surface area contributed by atoms with E-state index in [-0.39, 0.29) is 12.6 Å². The van der Waals surface area contributed by atoms with Gasteiger partial charge in [-0.05, 0) is 43.4 Å². The summed E-state index contributed by atoms with van der Waals surface area (Å²) in [6.07, 6.45) is 6.83. The lowest BCUT2D eigenvalue weighted by molar-refractivity contribution is 0.0337. The van der Waals surface area contributed by atoms with Gasteiger partial charge in [0, 0.05) is 19.7 Å². The first-order valence-corrected chi connectivity index (χ1v) is 8.41. The highest BCUT2D eigenvalue weighted by atomic mass is 16.5. The fourth-order valence-corrected chi connectivity index (χ4v) is 2.76. The third kappa shape index (κ3) is 7.14. The zero-order valence-electron chi connectivity index (χ0n) is 13.1. The summed E-state index contributed by atoms with van der Waals surface area (Å²) in [7, 11) is 0. The van der Waals surface area contributed by atoms with Crippen LogP contribution in [0.25, 0.3) is 0 Å². The molecule has 0 aliphatic heterocycles. The molecule has 0 aromatic heterocycles. The second-order valence-corrected chi connectivity index (χ2v) is 6.85. The van der Waals surface area contributed by atoms with Crippen LogP contribution in [0.2, 0.25) is 0 Å². The lowest BCUT2D eigenvalue weighted by Gasteiger charge is -2.26. The van der Waals surface area contributed by atoms with E-state index in [0.717, 1.165) is 19.1 Å². The molecule has 2 fully saturated rings. The van der Waals surface area contributed by atoms with E-state index in [4.69, 9.17) is 4.74 Å². The number of carbonyl (C=O) groups excluding carboxylic acids is 1. The van der Waals surface area contributed by atoms with Gasteiger partial charge >= 0.3 is 6.03 Å². The monoisotopic (exact) mass is 298 g/mol. The minimum absolute atomic E-state index is 0.185. The first-order valence-electron chi connectivity index (χ1n) is 8.41. The zero-order chi connectivity index (χ0) is 15.1. The molecule has 0 saturated heterocycles. The van der Waals surface area contributed by atoms with Crippen molar-refractivity contribution in [3.8, 4) is 0 Å². The van der Waals surface area contributed by atoms with Crippen molar-refractivity contribution in [2.75, 3.05) is 26.3 Å². The van der Waals surface area contributed by atoms with Gasteiger partial charge in [0.1, 0.15) is 0 Å². The molecular formula is C16H30N2O3. The number of ether oxygens (including phenoxy) is 1. The van der Waals surface area contributed by atoms with Crippen LogP contribution in [-0.2, 0) is 4.74 Å². The summed E-state index contributed by atoms with van der Waals surface area (Å²) in [5, 5.41) is 15.3. The van der Waals surface area contributed by atoms with Gasteiger partial charge < -0.3 is 20.5 Å². The SMILES string of the molecule is CC1CCC(CNC(=O)NCC(O)COCC2CC2)CC1. The first-order chi connectivity index (χ1) is 10.1. The van der Waals surface area contributed by atoms with Gasteiger partial charge in [0.05, 0.1) is 12.7 Å². The topological polar surface area (TPSA) is 70.6 Å². The highest BCUT2D eigenvalue weighted by molar-refractivity contribution is 5.73. The van der Waals surface area contributed by atoms with Gasteiger partial charge in [0.15, 0.2) is 0 Å². The number of aliphatic hydroxyl groups excluding tert-OH is 1. The largest absolute Gasteiger partial charge is 0.389 e. The Morgan fingerprint density at radius 3 is 2.48 bits per heavy atom. The third-order valence-electron chi connectivity index (χ3n) is 4.55. The summed E-state index contributed by atoms with van der Waals surface area (Å²) in [4.78, 5) is 11.7. The number of hydrogen-bond acceptors (Lipinski definition) is 3. The van der Waals surface area contributed by atoms with Gasteiger partial charge in [-0.1, -0.05) is 19.8 Å². The number of amides is 2. The molecule has 5 nitrogen and oxygen atoms in total. The minimum Gasteiger partial charge on any atom is -0.389 e. The zero-order valence-corrected chi connectivity index (χ0v) is 13.1. The number of nitrogens with one attached hydrogen (secondary N) is 2. The van der Waals surface area contributed by atoms with E-state index in [2.05, 4.69) is 17.6 Å². The molecule has 1 atom stereocenters.